The zero-order valence-electron chi connectivity index (χ0n) is 14.5. The van der Waals surface area contributed by atoms with Crippen LogP contribution >= 0.6 is 0 Å². The van der Waals surface area contributed by atoms with E-state index < -0.39 is 0 Å². The van der Waals surface area contributed by atoms with Crippen LogP contribution in [0, 0.1) is 0 Å². The number of benzene rings is 1. The second-order valence-electron chi connectivity index (χ2n) is 6.43. The average molecular weight is 305 g/mol. The van der Waals surface area contributed by atoms with E-state index in [1.165, 1.54) is 5.56 Å². The van der Waals surface area contributed by atoms with Gasteiger partial charge in [0.1, 0.15) is 0 Å². The molecule has 0 unspecified atom stereocenters. The molecule has 0 atom stereocenters. The molecule has 0 fully saturated rings. The molecule has 0 aliphatic heterocycles. The quantitative estimate of drug-likeness (QED) is 0.441. The van der Waals surface area contributed by atoms with Crippen LogP contribution in [-0.4, -0.2) is 38.3 Å². The van der Waals surface area contributed by atoms with Crippen LogP contribution in [0.1, 0.15) is 39.2 Å². The Bertz CT molecular complexity index is 424. The summed E-state index contributed by atoms with van der Waals surface area (Å²) in [7, 11) is 1.80. The summed E-state index contributed by atoms with van der Waals surface area (Å²) in [6.07, 6.45) is 3.13. The van der Waals surface area contributed by atoms with Gasteiger partial charge < -0.3 is 15.4 Å². The lowest BCUT2D eigenvalue weighted by Crippen LogP contribution is -2.47. The van der Waals surface area contributed by atoms with Gasteiger partial charge in [0.25, 0.3) is 0 Å². The Hall–Kier alpha value is -1.55. The smallest absolute Gasteiger partial charge is 0.191 e. The Morgan fingerprint density at radius 2 is 1.82 bits per heavy atom. The first-order chi connectivity index (χ1) is 10.5. The maximum Gasteiger partial charge on any atom is 0.191 e. The maximum absolute atomic E-state index is 5.68. The van der Waals surface area contributed by atoms with Crippen LogP contribution in [-0.2, 0) is 11.2 Å². The highest BCUT2D eigenvalue weighted by Gasteiger charge is 2.10. The minimum atomic E-state index is 0.0302. The van der Waals surface area contributed by atoms with Crippen LogP contribution in [0.15, 0.2) is 35.3 Å². The molecule has 0 saturated heterocycles. The largest absolute Gasteiger partial charge is 0.381 e. The summed E-state index contributed by atoms with van der Waals surface area (Å²) in [6.45, 7) is 8.91. The molecule has 1 rings (SSSR count). The molecule has 0 saturated carbocycles. The molecular formula is C18H31N3O. The third kappa shape index (κ3) is 9.40. The molecule has 0 amide bonds. The van der Waals surface area contributed by atoms with Crippen LogP contribution in [0.5, 0.6) is 0 Å². The Morgan fingerprint density at radius 3 is 2.45 bits per heavy atom. The van der Waals surface area contributed by atoms with E-state index in [4.69, 9.17) is 4.74 Å². The van der Waals surface area contributed by atoms with Crippen molar-refractivity contribution in [1.29, 1.82) is 0 Å². The first-order valence-electron chi connectivity index (χ1n) is 8.12. The van der Waals surface area contributed by atoms with Crippen molar-refractivity contribution in [3.63, 3.8) is 0 Å². The van der Waals surface area contributed by atoms with Crippen molar-refractivity contribution in [2.24, 2.45) is 4.99 Å². The zero-order chi connectivity index (χ0) is 16.3. The second kappa shape index (κ2) is 10.2. The van der Waals surface area contributed by atoms with Crippen molar-refractivity contribution >= 4 is 5.96 Å². The lowest BCUT2D eigenvalue weighted by Gasteiger charge is -2.23. The molecule has 4 heteroatoms. The summed E-state index contributed by atoms with van der Waals surface area (Å²) in [5.41, 5.74) is 1.36. The fourth-order valence-electron chi connectivity index (χ4n) is 2.01. The number of aliphatic imine (C=N–C) groups is 1. The predicted molar refractivity (Wildman–Crippen MR) is 94.4 cm³/mol. The first kappa shape index (κ1) is 18.5. The average Bonchev–Trinajstić information content (AvgIpc) is 2.48. The monoisotopic (exact) mass is 305 g/mol. The first-order valence-corrected chi connectivity index (χ1v) is 8.12. The van der Waals surface area contributed by atoms with Gasteiger partial charge in [-0.2, -0.15) is 0 Å². The Balaban J connectivity index is 1.99. The van der Waals surface area contributed by atoms with E-state index in [9.17, 15) is 0 Å². The molecule has 2 N–H and O–H groups in total. The van der Waals surface area contributed by atoms with Gasteiger partial charge >= 0.3 is 0 Å². The summed E-state index contributed by atoms with van der Waals surface area (Å²) in [4.78, 5) is 4.22. The van der Waals surface area contributed by atoms with Crippen molar-refractivity contribution < 1.29 is 4.74 Å². The second-order valence-corrected chi connectivity index (χ2v) is 6.43. The number of hydrogen-bond acceptors (Lipinski definition) is 2. The molecule has 0 aromatic heterocycles. The van der Waals surface area contributed by atoms with Gasteiger partial charge in [-0.3, -0.25) is 4.99 Å². The molecule has 0 aliphatic carbocycles. The van der Waals surface area contributed by atoms with Crippen LogP contribution in [0.25, 0.3) is 0 Å². The molecule has 0 bridgehead atoms. The number of unbranched alkanes of at least 4 members (excludes halogenated alkanes) is 1. The molecular weight excluding hydrogens is 274 g/mol. The van der Waals surface area contributed by atoms with Gasteiger partial charge in [0.2, 0.25) is 0 Å². The summed E-state index contributed by atoms with van der Waals surface area (Å²) in [6, 6.07) is 10.5. The molecule has 124 valence electrons. The highest BCUT2D eigenvalue weighted by molar-refractivity contribution is 5.80. The van der Waals surface area contributed by atoms with Crippen LogP contribution in [0.3, 0.4) is 0 Å². The number of nitrogens with zero attached hydrogens (tertiary/aromatic N) is 1. The number of rotatable bonds is 8. The van der Waals surface area contributed by atoms with Gasteiger partial charge in [-0.25, -0.2) is 0 Å². The summed E-state index contributed by atoms with van der Waals surface area (Å²) < 4.78 is 5.68. The fraction of sp³-hybridized carbons (Fsp3) is 0.611. The van der Waals surface area contributed by atoms with Crippen molar-refractivity contribution in [2.45, 2.75) is 45.6 Å². The van der Waals surface area contributed by atoms with E-state index in [2.05, 4.69) is 60.7 Å². The number of nitrogens with one attached hydrogen (secondary N) is 2. The van der Waals surface area contributed by atoms with E-state index in [0.717, 1.165) is 45.0 Å². The van der Waals surface area contributed by atoms with Crippen molar-refractivity contribution in [2.75, 3.05) is 26.8 Å². The van der Waals surface area contributed by atoms with Crippen LogP contribution in [0.4, 0.5) is 0 Å². The van der Waals surface area contributed by atoms with Crippen LogP contribution < -0.4 is 10.6 Å². The number of ether oxygens (including phenoxy) is 1. The zero-order valence-corrected chi connectivity index (χ0v) is 14.5. The maximum atomic E-state index is 5.68. The number of hydrogen-bond donors (Lipinski definition) is 2. The Morgan fingerprint density at radius 1 is 1.09 bits per heavy atom. The normalized spacial score (nSPS) is 12.3. The third-order valence-electron chi connectivity index (χ3n) is 3.10. The van der Waals surface area contributed by atoms with Crippen molar-refractivity contribution in [3.8, 4) is 0 Å². The standard InChI is InChI=1S/C18H31N3O/c1-18(2,3)21-17(19-4)20-13-8-9-14-22-15-12-16-10-6-5-7-11-16/h5-7,10-11H,8-9,12-15H2,1-4H3,(H2,19,20,21). The number of guanidine groups is 1. The van der Waals surface area contributed by atoms with Crippen molar-refractivity contribution in [1.82, 2.24) is 10.6 Å². The molecule has 22 heavy (non-hydrogen) atoms. The predicted octanol–water partition coefficient (Wildman–Crippen LogP) is 2.99. The summed E-state index contributed by atoms with van der Waals surface area (Å²) in [5, 5.41) is 6.67. The molecule has 0 spiro atoms. The topological polar surface area (TPSA) is 45.7 Å². The van der Waals surface area contributed by atoms with E-state index in [1.54, 1.807) is 7.05 Å². The lowest BCUT2D eigenvalue weighted by atomic mass is 10.1. The molecule has 1 aromatic carbocycles. The lowest BCUT2D eigenvalue weighted by molar-refractivity contribution is 0.133. The van der Waals surface area contributed by atoms with Gasteiger partial charge in [-0.15, -0.1) is 0 Å². The fourth-order valence-corrected chi connectivity index (χ4v) is 2.01. The van der Waals surface area contributed by atoms with E-state index >= 15 is 0 Å². The van der Waals surface area contributed by atoms with E-state index in [1.807, 2.05) is 6.07 Å². The minimum absolute atomic E-state index is 0.0302. The van der Waals surface area contributed by atoms with Gasteiger partial charge in [0.15, 0.2) is 5.96 Å². The van der Waals surface area contributed by atoms with E-state index in [-0.39, 0.29) is 5.54 Å². The highest BCUT2D eigenvalue weighted by Crippen LogP contribution is 2.00. The van der Waals surface area contributed by atoms with Crippen molar-refractivity contribution in [3.05, 3.63) is 35.9 Å². The Labute approximate surface area is 135 Å². The summed E-state index contributed by atoms with van der Waals surface area (Å²) >= 11 is 0. The Kier molecular flexibility index (Phi) is 8.60. The van der Waals surface area contributed by atoms with Gasteiger partial charge in [0.05, 0.1) is 6.61 Å². The third-order valence-corrected chi connectivity index (χ3v) is 3.10. The SMILES string of the molecule is CN=C(NCCCCOCCc1ccccc1)NC(C)(C)C. The summed E-state index contributed by atoms with van der Waals surface area (Å²) in [5.74, 6) is 0.859. The molecule has 1 aromatic rings. The molecule has 0 aliphatic rings. The minimum Gasteiger partial charge on any atom is -0.381 e. The van der Waals surface area contributed by atoms with E-state index in [0.29, 0.717) is 0 Å². The molecule has 0 heterocycles. The molecule has 0 radical (unpaired) electrons. The van der Waals surface area contributed by atoms with Gasteiger partial charge in [-0.1, -0.05) is 30.3 Å². The van der Waals surface area contributed by atoms with Gasteiger partial charge in [0, 0.05) is 25.7 Å². The van der Waals surface area contributed by atoms with Crippen LogP contribution in [0.2, 0.25) is 0 Å². The molecule has 4 nitrogen and oxygen atoms in total. The highest BCUT2D eigenvalue weighted by atomic mass is 16.5. The van der Waals surface area contributed by atoms with Gasteiger partial charge in [-0.05, 0) is 45.6 Å².